The summed E-state index contributed by atoms with van der Waals surface area (Å²) in [5, 5.41) is 15.4. The predicted octanol–water partition coefficient (Wildman–Crippen LogP) is 1.89. The first-order valence-corrected chi connectivity index (χ1v) is 6.92. The highest BCUT2D eigenvalue weighted by Gasteiger charge is 2.04. The fourth-order valence-electron chi connectivity index (χ4n) is 1.31. The van der Waals surface area contributed by atoms with Crippen molar-refractivity contribution in [3.8, 4) is 0 Å². The molecule has 0 amide bonds. The van der Waals surface area contributed by atoms with Crippen LogP contribution in [0.25, 0.3) is 0 Å². The second-order valence-corrected chi connectivity index (χ2v) is 4.85. The second kappa shape index (κ2) is 7.42. The van der Waals surface area contributed by atoms with Crippen molar-refractivity contribution in [2.45, 2.75) is 6.54 Å². The van der Waals surface area contributed by atoms with E-state index >= 15 is 0 Å². The van der Waals surface area contributed by atoms with Crippen molar-refractivity contribution in [3.63, 3.8) is 0 Å². The molecule has 0 atom stereocenters. The molecule has 4 nitrogen and oxygen atoms in total. The summed E-state index contributed by atoms with van der Waals surface area (Å²) in [6.07, 6.45) is 2.07. The van der Waals surface area contributed by atoms with Crippen molar-refractivity contribution in [2.24, 2.45) is 10.9 Å². The van der Waals surface area contributed by atoms with Crippen LogP contribution in [0.5, 0.6) is 0 Å². The van der Waals surface area contributed by atoms with E-state index < -0.39 is 0 Å². The molecule has 0 saturated heterocycles. The average molecular weight is 274 g/mol. The average Bonchev–Trinajstić information content (AvgIpc) is 2.35. The molecule has 0 fully saturated rings. The lowest BCUT2D eigenvalue weighted by Gasteiger charge is -2.07. The summed E-state index contributed by atoms with van der Waals surface area (Å²) in [6, 6.07) is 5.36. The number of oxime groups is 1. The van der Waals surface area contributed by atoms with Gasteiger partial charge in [0.05, 0.1) is 0 Å². The first-order chi connectivity index (χ1) is 8.19. The number of rotatable bonds is 6. The summed E-state index contributed by atoms with van der Waals surface area (Å²) in [5.41, 5.74) is 7.09. The zero-order valence-corrected chi connectivity index (χ0v) is 11.2. The van der Waals surface area contributed by atoms with Gasteiger partial charge in [-0.3, -0.25) is 0 Å². The van der Waals surface area contributed by atoms with Crippen LogP contribution in [0.1, 0.15) is 11.1 Å². The van der Waals surface area contributed by atoms with Gasteiger partial charge in [-0.25, -0.2) is 0 Å². The van der Waals surface area contributed by atoms with Crippen LogP contribution >= 0.6 is 23.4 Å². The maximum absolute atomic E-state index is 8.55. The van der Waals surface area contributed by atoms with Gasteiger partial charge in [0.2, 0.25) is 0 Å². The van der Waals surface area contributed by atoms with Crippen LogP contribution in [0.2, 0.25) is 5.02 Å². The molecule has 1 rings (SSSR count). The molecule has 0 heterocycles. The van der Waals surface area contributed by atoms with E-state index in [1.54, 1.807) is 23.9 Å². The van der Waals surface area contributed by atoms with Crippen LogP contribution in [0, 0.1) is 0 Å². The summed E-state index contributed by atoms with van der Waals surface area (Å²) < 4.78 is 0. The van der Waals surface area contributed by atoms with Crippen LogP contribution in [0.4, 0.5) is 0 Å². The van der Waals surface area contributed by atoms with Crippen LogP contribution in [0.3, 0.4) is 0 Å². The van der Waals surface area contributed by atoms with E-state index in [0.29, 0.717) is 10.6 Å². The van der Waals surface area contributed by atoms with E-state index in [1.807, 2.05) is 6.07 Å². The Labute approximate surface area is 110 Å². The van der Waals surface area contributed by atoms with E-state index in [-0.39, 0.29) is 5.84 Å². The zero-order valence-electron chi connectivity index (χ0n) is 9.61. The van der Waals surface area contributed by atoms with E-state index in [4.69, 9.17) is 22.5 Å². The van der Waals surface area contributed by atoms with Crippen LogP contribution < -0.4 is 11.1 Å². The normalized spacial score (nSPS) is 11.8. The highest BCUT2D eigenvalue weighted by Crippen LogP contribution is 2.17. The molecule has 0 saturated carbocycles. The fraction of sp³-hybridized carbons (Fsp3) is 0.364. The van der Waals surface area contributed by atoms with E-state index in [0.717, 1.165) is 24.4 Å². The molecule has 1 aromatic rings. The minimum atomic E-state index is 0.0637. The molecule has 17 heavy (non-hydrogen) atoms. The lowest BCUT2D eigenvalue weighted by molar-refractivity contribution is 0.318. The summed E-state index contributed by atoms with van der Waals surface area (Å²) in [7, 11) is 0. The summed E-state index contributed by atoms with van der Waals surface area (Å²) in [5.74, 6) is 1.13. The Morgan fingerprint density at radius 1 is 1.59 bits per heavy atom. The van der Waals surface area contributed by atoms with Gasteiger partial charge in [-0.05, 0) is 17.9 Å². The summed E-state index contributed by atoms with van der Waals surface area (Å²) in [6.45, 7) is 1.66. The van der Waals surface area contributed by atoms with E-state index in [2.05, 4.69) is 16.7 Å². The molecule has 6 heteroatoms. The van der Waals surface area contributed by atoms with E-state index in [9.17, 15) is 0 Å². The molecule has 0 unspecified atom stereocenters. The van der Waals surface area contributed by atoms with Gasteiger partial charge in [-0.2, -0.15) is 11.8 Å². The highest BCUT2D eigenvalue weighted by molar-refractivity contribution is 7.98. The number of hydrogen-bond acceptors (Lipinski definition) is 4. The standard InChI is InChI=1S/C11H16ClN3OS/c1-17-5-4-14-7-9-3-2-8(6-10(9)12)11(13)15-16/h2-3,6,14,16H,4-5,7H2,1H3,(H2,13,15). The summed E-state index contributed by atoms with van der Waals surface area (Å²) >= 11 is 7.90. The van der Waals surface area contributed by atoms with Crippen molar-refractivity contribution in [1.29, 1.82) is 0 Å². The monoisotopic (exact) mass is 273 g/mol. The maximum atomic E-state index is 8.55. The smallest absolute Gasteiger partial charge is 0.170 e. The highest BCUT2D eigenvalue weighted by atomic mass is 35.5. The molecule has 94 valence electrons. The van der Waals surface area contributed by atoms with Gasteiger partial charge in [0.1, 0.15) is 0 Å². The number of benzene rings is 1. The molecule has 0 aromatic heterocycles. The van der Waals surface area contributed by atoms with Crippen molar-refractivity contribution in [1.82, 2.24) is 5.32 Å². The SMILES string of the molecule is CSCCNCc1ccc(/C(N)=N/O)cc1Cl. The fourth-order valence-corrected chi connectivity index (χ4v) is 1.90. The number of amidine groups is 1. The van der Waals surface area contributed by atoms with Gasteiger partial charge < -0.3 is 16.3 Å². The molecular weight excluding hydrogens is 258 g/mol. The Morgan fingerprint density at radius 3 is 2.94 bits per heavy atom. The lowest BCUT2D eigenvalue weighted by Crippen LogP contribution is -2.17. The number of nitrogens with two attached hydrogens (primary N) is 1. The minimum Gasteiger partial charge on any atom is -0.409 e. The Kier molecular flexibility index (Phi) is 6.18. The van der Waals surface area contributed by atoms with Crippen molar-refractivity contribution in [2.75, 3.05) is 18.6 Å². The molecule has 0 spiro atoms. The number of nitrogens with one attached hydrogen (secondary N) is 1. The lowest BCUT2D eigenvalue weighted by atomic mass is 10.1. The molecule has 4 N–H and O–H groups in total. The van der Waals surface area contributed by atoms with Gasteiger partial charge in [0.25, 0.3) is 0 Å². The number of thioether (sulfide) groups is 1. The van der Waals surface area contributed by atoms with Crippen LogP contribution in [-0.2, 0) is 6.54 Å². The Bertz CT molecular complexity index is 398. The topological polar surface area (TPSA) is 70.6 Å². The molecule has 1 aromatic carbocycles. The minimum absolute atomic E-state index is 0.0637. The third-order valence-electron chi connectivity index (χ3n) is 2.25. The third kappa shape index (κ3) is 4.46. The zero-order chi connectivity index (χ0) is 12.7. The van der Waals surface area contributed by atoms with Gasteiger partial charge in [-0.15, -0.1) is 0 Å². The Balaban J connectivity index is 2.63. The molecule has 0 radical (unpaired) electrons. The number of hydrogen-bond donors (Lipinski definition) is 3. The van der Waals surface area contributed by atoms with Gasteiger partial charge in [-0.1, -0.05) is 28.9 Å². The molecule has 0 aliphatic heterocycles. The molecular formula is C11H16ClN3OS. The van der Waals surface area contributed by atoms with Gasteiger partial charge in [0, 0.05) is 29.4 Å². The molecule has 0 bridgehead atoms. The van der Waals surface area contributed by atoms with E-state index in [1.165, 1.54) is 0 Å². The second-order valence-electron chi connectivity index (χ2n) is 3.46. The number of halogens is 1. The predicted molar refractivity (Wildman–Crippen MR) is 74.1 cm³/mol. The van der Waals surface area contributed by atoms with Gasteiger partial charge in [0.15, 0.2) is 5.84 Å². The first-order valence-electron chi connectivity index (χ1n) is 5.15. The van der Waals surface area contributed by atoms with Crippen LogP contribution in [0.15, 0.2) is 23.4 Å². The molecule has 0 aliphatic rings. The van der Waals surface area contributed by atoms with Crippen molar-refractivity contribution in [3.05, 3.63) is 34.3 Å². The quantitative estimate of drug-likeness (QED) is 0.243. The number of nitrogens with zero attached hydrogens (tertiary/aromatic N) is 1. The molecule has 0 aliphatic carbocycles. The van der Waals surface area contributed by atoms with Crippen molar-refractivity contribution < 1.29 is 5.21 Å². The maximum Gasteiger partial charge on any atom is 0.170 e. The Morgan fingerprint density at radius 2 is 2.35 bits per heavy atom. The summed E-state index contributed by atoms with van der Waals surface area (Å²) in [4.78, 5) is 0. The Hall–Kier alpha value is -0.910. The third-order valence-corrected chi connectivity index (χ3v) is 3.22. The van der Waals surface area contributed by atoms with Crippen molar-refractivity contribution >= 4 is 29.2 Å². The van der Waals surface area contributed by atoms with Gasteiger partial charge >= 0.3 is 0 Å². The largest absolute Gasteiger partial charge is 0.409 e. The van der Waals surface area contributed by atoms with Crippen LogP contribution in [-0.4, -0.2) is 29.6 Å². The first kappa shape index (κ1) is 14.2.